The topological polar surface area (TPSA) is 67.8 Å². The number of sulfonamides is 1. The fraction of sp³-hybridized carbons (Fsp3) is 0.364. The van der Waals surface area contributed by atoms with E-state index in [-0.39, 0.29) is 16.7 Å². The molecule has 2 aliphatic rings. The molecule has 3 rings (SSSR count). The summed E-state index contributed by atoms with van der Waals surface area (Å²) in [5, 5.41) is 1.98. The number of hydrogen-bond donors (Lipinski definition) is 1. The maximum atomic E-state index is 12.6. The van der Waals surface area contributed by atoms with E-state index in [1.54, 1.807) is 0 Å². The molecule has 0 atom stereocenters. The Morgan fingerprint density at radius 2 is 2.00 bits per heavy atom. The monoisotopic (exact) mass is 306 g/mol. The summed E-state index contributed by atoms with van der Waals surface area (Å²) in [6.45, 7) is 0. The molecule has 9 heteroatoms. The van der Waals surface area contributed by atoms with Crippen LogP contribution < -0.4 is 10.1 Å². The van der Waals surface area contributed by atoms with Crippen LogP contribution in [0.4, 0.5) is 18.9 Å². The van der Waals surface area contributed by atoms with Gasteiger partial charge in [-0.2, -0.15) is 21.6 Å². The van der Waals surface area contributed by atoms with Crippen molar-refractivity contribution in [3.8, 4) is 5.75 Å². The Kier molecular flexibility index (Phi) is 2.72. The highest BCUT2D eigenvalue weighted by atomic mass is 32.2. The predicted molar refractivity (Wildman–Crippen MR) is 64.4 cm³/mol. The van der Waals surface area contributed by atoms with E-state index in [0.717, 1.165) is 12.8 Å². The number of ether oxygens (including phenoxy) is 1. The lowest BCUT2D eigenvalue weighted by Gasteiger charge is -2.20. The fourth-order valence-electron chi connectivity index (χ4n) is 1.71. The van der Waals surface area contributed by atoms with Crippen molar-refractivity contribution in [3.05, 3.63) is 18.2 Å². The Balaban J connectivity index is 2.01. The van der Waals surface area contributed by atoms with Crippen LogP contribution in [-0.2, 0) is 10.0 Å². The smallest absolute Gasteiger partial charge is 0.450 e. The quantitative estimate of drug-likeness (QED) is 0.910. The van der Waals surface area contributed by atoms with Crippen LogP contribution in [0, 0.1) is 0 Å². The molecule has 108 valence electrons. The summed E-state index contributed by atoms with van der Waals surface area (Å²) in [5.74, 6) is -1.23. The Hall–Kier alpha value is -1.77. The molecule has 20 heavy (non-hydrogen) atoms. The van der Waals surface area contributed by atoms with Gasteiger partial charge in [0.15, 0.2) is 0 Å². The van der Waals surface area contributed by atoms with Crippen molar-refractivity contribution in [2.24, 2.45) is 4.40 Å². The van der Waals surface area contributed by atoms with Crippen LogP contribution in [-0.4, -0.2) is 26.5 Å². The molecule has 0 saturated heterocycles. The lowest BCUT2D eigenvalue weighted by atomic mass is 10.3. The van der Waals surface area contributed by atoms with E-state index in [1.165, 1.54) is 18.2 Å². The van der Waals surface area contributed by atoms with Crippen LogP contribution in [0.2, 0.25) is 0 Å². The Bertz CT molecular complexity index is 693. The van der Waals surface area contributed by atoms with Crippen LogP contribution in [0.15, 0.2) is 27.5 Å². The molecule has 0 amide bonds. The molecule has 5 nitrogen and oxygen atoms in total. The number of benzene rings is 1. The standard InChI is InChI=1S/C11H9F3N2O3S/c12-11(13,14)10-15-8-4-3-7(19-6-1-2-6)5-9(8)20(17,18)16-10/h3-6H,1-2H2,(H,15,16). The van der Waals surface area contributed by atoms with Crippen LogP contribution >= 0.6 is 0 Å². The molecule has 1 heterocycles. The third-order valence-electron chi connectivity index (χ3n) is 2.79. The second-order valence-electron chi connectivity index (χ2n) is 4.51. The molecule has 1 aliphatic heterocycles. The van der Waals surface area contributed by atoms with E-state index in [0.29, 0.717) is 5.75 Å². The highest BCUT2D eigenvalue weighted by Crippen LogP contribution is 2.35. The molecule has 0 spiro atoms. The van der Waals surface area contributed by atoms with E-state index in [2.05, 4.69) is 4.40 Å². The van der Waals surface area contributed by atoms with Gasteiger partial charge in [0.05, 0.1) is 11.8 Å². The zero-order valence-electron chi connectivity index (χ0n) is 9.94. The van der Waals surface area contributed by atoms with Gasteiger partial charge in [0.25, 0.3) is 10.0 Å². The van der Waals surface area contributed by atoms with Gasteiger partial charge in [-0.15, -0.1) is 4.40 Å². The highest BCUT2D eigenvalue weighted by Gasteiger charge is 2.41. The van der Waals surface area contributed by atoms with Gasteiger partial charge in [-0.1, -0.05) is 0 Å². The number of rotatable bonds is 2. The number of hydrogen-bond acceptors (Lipinski definition) is 4. The minimum absolute atomic E-state index is 0.0570. The zero-order valence-corrected chi connectivity index (χ0v) is 10.8. The highest BCUT2D eigenvalue weighted by molar-refractivity contribution is 7.90. The van der Waals surface area contributed by atoms with E-state index >= 15 is 0 Å². The Morgan fingerprint density at radius 3 is 2.60 bits per heavy atom. The summed E-state index contributed by atoms with van der Waals surface area (Å²) < 4.78 is 69.4. The van der Waals surface area contributed by atoms with Crippen molar-refractivity contribution in [2.75, 3.05) is 5.32 Å². The molecule has 1 aromatic rings. The normalized spacial score (nSPS) is 20.6. The summed E-state index contributed by atoms with van der Waals surface area (Å²) in [5.41, 5.74) is -0.157. The number of halogens is 3. The first-order valence-corrected chi connectivity index (χ1v) is 7.20. The molecule has 1 N–H and O–H groups in total. The van der Waals surface area contributed by atoms with Crippen LogP contribution in [0.5, 0.6) is 5.75 Å². The minimum Gasteiger partial charge on any atom is -0.490 e. The maximum absolute atomic E-state index is 12.6. The fourth-order valence-corrected chi connectivity index (χ4v) is 2.86. The van der Waals surface area contributed by atoms with Gasteiger partial charge in [-0.05, 0) is 25.0 Å². The summed E-state index contributed by atoms with van der Waals surface area (Å²) >= 11 is 0. The summed E-state index contributed by atoms with van der Waals surface area (Å²) in [6.07, 6.45) is -3.02. The van der Waals surface area contributed by atoms with Gasteiger partial charge >= 0.3 is 6.18 Å². The van der Waals surface area contributed by atoms with E-state index in [1.807, 2.05) is 5.32 Å². The number of amidine groups is 1. The lowest BCUT2D eigenvalue weighted by molar-refractivity contribution is -0.0585. The average Bonchev–Trinajstić information content (AvgIpc) is 3.12. The second-order valence-corrected chi connectivity index (χ2v) is 6.09. The van der Waals surface area contributed by atoms with Crippen LogP contribution in [0.1, 0.15) is 12.8 Å². The van der Waals surface area contributed by atoms with E-state index in [4.69, 9.17) is 4.74 Å². The molecule has 0 bridgehead atoms. The van der Waals surface area contributed by atoms with E-state index < -0.39 is 22.0 Å². The molecule has 1 saturated carbocycles. The summed E-state index contributed by atoms with van der Waals surface area (Å²) in [7, 11) is -4.39. The number of nitrogens with zero attached hydrogens (tertiary/aromatic N) is 1. The number of fused-ring (bicyclic) bond motifs is 1. The van der Waals surface area contributed by atoms with Gasteiger partial charge < -0.3 is 10.1 Å². The molecule has 0 radical (unpaired) electrons. The predicted octanol–water partition coefficient (Wildman–Crippen LogP) is 2.30. The first-order valence-electron chi connectivity index (χ1n) is 5.75. The molecule has 0 aromatic heterocycles. The minimum atomic E-state index is -4.85. The van der Waals surface area contributed by atoms with Crippen LogP contribution in [0.25, 0.3) is 0 Å². The zero-order chi connectivity index (χ0) is 14.5. The number of nitrogens with one attached hydrogen (secondary N) is 1. The third-order valence-corrected chi connectivity index (χ3v) is 4.11. The molecule has 1 fully saturated rings. The SMILES string of the molecule is O=S1(=O)N=C(C(F)(F)F)Nc2ccc(OC3CC3)cc21. The van der Waals surface area contributed by atoms with Crippen molar-refractivity contribution in [3.63, 3.8) is 0 Å². The van der Waals surface area contributed by atoms with Gasteiger partial charge in [-0.3, -0.25) is 0 Å². The molecular formula is C11H9F3N2O3S. The third kappa shape index (κ3) is 2.45. The van der Waals surface area contributed by atoms with Crippen molar-refractivity contribution in [2.45, 2.75) is 30.0 Å². The Labute approximate surface area is 112 Å². The summed E-state index contributed by atoms with van der Waals surface area (Å²) in [6, 6.07) is 3.86. The lowest BCUT2D eigenvalue weighted by Crippen LogP contribution is -2.34. The first kappa shape index (κ1) is 13.2. The number of alkyl halides is 3. The van der Waals surface area contributed by atoms with Gasteiger partial charge in [0.1, 0.15) is 10.6 Å². The molecular weight excluding hydrogens is 297 g/mol. The van der Waals surface area contributed by atoms with Gasteiger partial charge in [0.2, 0.25) is 5.84 Å². The van der Waals surface area contributed by atoms with Crippen molar-refractivity contribution in [1.82, 2.24) is 0 Å². The van der Waals surface area contributed by atoms with Gasteiger partial charge in [-0.25, -0.2) is 0 Å². The largest absolute Gasteiger partial charge is 0.490 e. The molecule has 0 unspecified atom stereocenters. The van der Waals surface area contributed by atoms with Crippen molar-refractivity contribution < 1.29 is 26.3 Å². The van der Waals surface area contributed by atoms with Crippen LogP contribution in [0.3, 0.4) is 0 Å². The van der Waals surface area contributed by atoms with Gasteiger partial charge in [0, 0.05) is 6.07 Å². The summed E-state index contributed by atoms with van der Waals surface area (Å²) in [4.78, 5) is -0.316. The van der Waals surface area contributed by atoms with E-state index in [9.17, 15) is 21.6 Å². The average molecular weight is 306 g/mol. The Morgan fingerprint density at radius 1 is 1.30 bits per heavy atom. The molecule has 1 aliphatic carbocycles. The van der Waals surface area contributed by atoms with Crippen molar-refractivity contribution >= 4 is 21.5 Å². The number of anilines is 1. The first-order chi connectivity index (χ1) is 9.25. The molecule has 1 aromatic carbocycles. The maximum Gasteiger partial charge on any atom is 0.450 e. The van der Waals surface area contributed by atoms with Crippen molar-refractivity contribution in [1.29, 1.82) is 0 Å². The second kappa shape index (κ2) is 4.11.